The highest BCUT2D eigenvalue weighted by Gasteiger charge is 2.32. The number of benzene rings is 1. The molecule has 6 heteroatoms. The van der Waals surface area contributed by atoms with Crippen molar-refractivity contribution in [1.29, 1.82) is 0 Å². The Kier molecular flexibility index (Phi) is 5.11. The Morgan fingerprint density at radius 2 is 1.91 bits per heavy atom. The number of halogens is 3. The van der Waals surface area contributed by atoms with E-state index in [0.29, 0.717) is 24.4 Å². The van der Waals surface area contributed by atoms with Crippen molar-refractivity contribution in [3.63, 3.8) is 0 Å². The maximum atomic E-state index is 12.5. The topological polar surface area (TPSA) is 55.1 Å². The van der Waals surface area contributed by atoms with Gasteiger partial charge in [0, 0.05) is 18.5 Å². The summed E-state index contributed by atoms with van der Waals surface area (Å²) in [6.07, 6.45) is -1.74. The number of rotatable bonds is 6. The van der Waals surface area contributed by atoms with Gasteiger partial charge in [0.15, 0.2) is 0 Å². The van der Waals surface area contributed by atoms with E-state index in [1.54, 1.807) is 6.92 Å². The zero-order valence-corrected chi connectivity index (χ0v) is 12.5. The van der Waals surface area contributed by atoms with E-state index < -0.39 is 11.7 Å². The minimum Gasteiger partial charge on any atom is -0.352 e. The smallest absolute Gasteiger partial charge is 0.352 e. The first-order valence-electron chi connectivity index (χ1n) is 7.48. The van der Waals surface area contributed by atoms with Gasteiger partial charge in [-0.2, -0.15) is 13.2 Å². The summed E-state index contributed by atoms with van der Waals surface area (Å²) in [7, 11) is 0. The molecule has 0 aliphatic heterocycles. The van der Waals surface area contributed by atoms with Crippen molar-refractivity contribution in [2.24, 2.45) is 17.6 Å². The van der Waals surface area contributed by atoms with Crippen LogP contribution in [0.5, 0.6) is 0 Å². The normalized spacial score (nSPS) is 17.9. The zero-order chi connectivity index (χ0) is 16.3. The number of nitrogens with two attached hydrogens (primary N) is 1. The van der Waals surface area contributed by atoms with Crippen LogP contribution in [0.4, 0.5) is 13.2 Å². The average molecular weight is 314 g/mol. The van der Waals surface area contributed by atoms with Crippen LogP contribution in [0.1, 0.15) is 30.9 Å². The van der Waals surface area contributed by atoms with E-state index in [9.17, 15) is 18.0 Å². The zero-order valence-electron chi connectivity index (χ0n) is 12.5. The summed E-state index contributed by atoms with van der Waals surface area (Å²) < 4.78 is 37.5. The highest BCUT2D eigenvalue weighted by Crippen LogP contribution is 2.32. The highest BCUT2D eigenvalue weighted by molar-refractivity contribution is 5.79. The summed E-state index contributed by atoms with van der Waals surface area (Å²) in [4.78, 5) is 12.1. The van der Waals surface area contributed by atoms with Crippen molar-refractivity contribution in [2.75, 3.05) is 6.54 Å². The Morgan fingerprint density at radius 1 is 1.32 bits per heavy atom. The Hall–Kier alpha value is -1.56. The van der Waals surface area contributed by atoms with Crippen LogP contribution in [0, 0.1) is 11.8 Å². The Morgan fingerprint density at radius 3 is 2.36 bits per heavy atom. The predicted octanol–water partition coefficient (Wildman–Crippen LogP) is 2.74. The van der Waals surface area contributed by atoms with Gasteiger partial charge in [-0.25, -0.2) is 0 Å². The molecule has 2 rings (SSSR count). The van der Waals surface area contributed by atoms with E-state index in [1.807, 2.05) is 0 Å². The number of carbonyl (C=O) groups excluding carboxylic acids is 1. The molecule has 2 unspecified atom stereocenters. The monoisotopic (exact) mass is 314 g/mol. The van der Waals surface area contributed by atoms with Gasteiger partial charge in [0.1, 0.15) is 0 Å². The second-order valence-electron chi connectivity index (χ2n) is 5.99. The lowest BCUT2D eigenvalue weighted by molar-refractivity contribution is -0.137. The number of nitrogens with one attached hydrogen (secondary N) is 1. The largest absolute Gasteiger partial charge is 0.416 e. The van der Waals surface area contributed by atoms with Gasteiger partial charge in [-0.3, -0.25) is 4.79 Å². The Bertz CT molecular complexity index is 509. The molecule has 1 aromatic carbocycles. The van der Waals surface area contributed by atoms with Crippen molar-refractivity contribution in [3.05, 3.63) is 35.4 Å². The maximum absolute atomic E-state index is 12.5. The third-order valence-electron chi connectivity index (χ3n) is 4.04. The fourth-order valence-electron chi connectivity index (χ4n) is 2.47. The van der Waals surface area contributed by atoms with Crippen LogP contribution < -0.4 is 11.1 Å². The SMILES string of the molecule is CC(Cc1ccc(C(F)(F)F)cc1)C(=O)NC(CN)C1CC1. The van der Waals surface area contributed by atoms with Crippen molar-refractivity contribution >= 4 is 5.91 Å². The summed E-state index contributed by atoms with van der Waals surface area (Å²) in [6, 6.07) is 4.96. The van der Waals surface area contributed by atoms with Crippen LogP contribution in [0.3, 0.4) is 0 Å². The van der Waals surface area contributed by atoms with Gasteiger partial charge in [0.2, 0.25) is 5.91 Å². The third kappa shape index (κ3) is 4.47. The fraction of sp³-hybridized carbons (Fsp3) is 0.562. The molecule has 22 heavy (non-hydrogen) atoms. The first-order chi connectivity index (χ1) is 10.3. The molecule has 0 spiro atoms. The maximum Gasteiger partial charge on any atom is 0.416 e. The van der Waals surface area contributed by atoms with E-state index in [2.05, 4.69) is 5.32 Å². The van der Waals surface area contributed by atoms with Gasteiger partial charge in [-0.15, -0.1) is 0 Å². The molecule has 0 aromatic heterocycles. The molecule has 1 aliphatic rings. The van der Waals surface area contributed by atoms with Gasteiger partial charge in [-0.05, 0) is 42.9 Å². The number of hydrogen-bond acceptors (Lipinski definition) is 2. The van der Waals surface area contributed by atoms with Crippen molar-refractivity contribution < 1.29 is 18.0 Å². The Balaban J connectivity index is 1.90. The number of alkyl halides is 3. The summed E-state index contributed by atoms with van der Waals surface area (Å²) in [6.45, 7) is 2.19. The summed E-state index contributed by atoms with van der Waals surface area (Å²) >= 11 is 0. The molecular weight excluding hydrogens is 293 g/mol. The lowest BCUT2D eigenvalue weighted by Gasteiger charge is -2.19. The molecule has 3 N–H and O–H groups in total. The predicted molar refractivity (Wildman–Crippen MR) is 78.0 cm³/mol. The molecule has 122 valence electrons. The van der Waals surface area contributed by atoms with Gasteiger partial charge in [0.05, 0.1) is 5.56 Å². The van der Waals surface area contributed by atoms with Gasteiger partial charge in [0.25, 0.3) is 0 Å². The third-order valence-corrected chi connectivity index (χ3v) is 4.04. The van der Waals surface area contributed by atoms with Gasteiger partial charge >= 0.3 is 6.18 Å². The molecule has 1 saturated carbocycles. The average Bonchev–Trinajstić information content (AvgIpc) is 3.28. The lowest BCUT2D eigenvalue weighted by Crippen LogP contribution is -2.44. The molecule has 2 atom stereocenters. The summed E-state index contributed by atoms with van der Waals surface area (Å²) in [5.74, 6) is 0.0824. The fourth-order valence-corrected chi connectivity index (χ4v) is 2.47. The van der Waals surface area contributed by atoms with Crippen molar-refractivity contribution in [3.8, 4) is 0 Å². The van der Waals surface area contributed by atoms with E-state index >= 15 is 0 Å². The summed E-state index contributed by atoms with van der Waals surface area (Å²) in [5.41, 5.74) is 5.69. The first kappa shape index (κ1) is 16.8. The van der Waals surface area contributed by atoms with Crippen LogP contribution in [-0.2, 0) is 17.4 Å². The van der Waals surface area contributed by atoms with Crippen LogP contribution >= 0.6 is 0 Å². The van der Waals surface area contributed by atoms with E-state index in [0.717, 1.165) is 25.0 Å². The minimum atomic E-state index is -4.33. The van der Waals surface area contributed by atoms with Gasteiger partial charge < -0.3 is 11.1 Å². The molecule has 1 amide bonds. The quantitative estimate of drug-likeness (QED) is 0.848. The molecule has 0 radical (unpaired) electrons. The standard InChI is InChI=1S/C16H21F3N2O/c1-10(15(22)21-14(9-20)12-4-5-12)8-11-2-6-13(7-3-11)16(17,18)19/h2-3,6-7,10,12,14H,4-5,8-9,20H2,1H3,(H,21,22). The lowest BCUT2D eigenvalue weighted by atomic mass is 9.98. The van der Waals surface area contributed by atoms with Crippen LogP contribution in [0.15, 0.2) is 24.3 Å². The molecular formula is C16H21F3N2O. The number of carbonyl (C=O) groups is 1. The summed E-state index contributed by atoms with van der Waals surface area (Å²) in [5, 5.41) is 2.94. The van der Waals surface area contributed by atoms with Crippen molar-refractivity contribution in [1.82, 2.24) is 5.32 Å². The van der Waals surface area contributed by atoms with Crippen molar-refractivity contribution in [2.45, 2.75) is 38.4 Å². The van der Waals surface area contributed by atoms with E-state index in [-0.39, 0.29) is 17.9 Å². The second-order valence-corrected chi connectivity index (χ2v) is 5.99. The molecule has 1 aliphatic carbocycles. The van der Waals surface area contributed by atoms with E-state index in [4.69, 9.17) is 5.73 Å². The second kappa shape index (κ2) is 6.69. The molecule has 0 bridgehead atoms. The van der Waals surface area contributed by atoms with Crippen LogP contribution in [-0.4, -0.2) is 18.5 Å². The van der Waals surface area contributed by atoms with Crippen LogP contribution in [0.25, 0.3) is 0 Å². The highest BCUT2D eigenvalue weighted by atomic mass is 19.4. The van der Waals surface area contributed by atoms with E-state index in [1.165, 1.54) is 12.1 Å². The van der Waals surface area contributed by atoms with Gasteiger partial charge in [-0.1, -0.05) is 19.1 Å². The molecule has 3 nitrogen and oxygen atoms in total. The molecule has 0 heterocycles. The molecule has 1 fully saturated rings. The van der Waals surface area contributed by atoms with Crippen LogP contribution in [0.2, 0.25) is 0 Å². The first-order valence-corrected chi connectivity index (χ1v) is 7.48. The molecule has 1 aromatic rings. The number of hydrogen-bond donors (Lipinski definition) is 2. The minimum absolute atomic E-state index is 0.0163. The number of amides is 1. The molecule has 0 saturated heterocycles. The Labute approximate surface area is 128 Å².